The molecule has 0 radical (unpaired) electrons. The molecule has 6 heteroatoms. The van der Waals surface area contributed by atoms with Crippen molar-refractivity contribution in [2.45, 2.75) is 74.3 Å². The standard InChI is InChI=1S/C12H20Cl2O3S/c13-11(7-3-1-4-8-11)16-18(15)17-12(14)9-5-2-6-10-12/h1-10H2. The van der Waals surface area contributed by atoms with Crippen molar-refractivity contribution < 1.29 is 12.6 Å². The van der Waals surface area contributed by atoms with Crippen LogP contribution in [0.1, 0.15) is 64.2 Å². The van der Waals surface area contributed by atoms with Crippen molar-refractivity contribution in [3.63, 3.8) is 0 Å². The average Bonchev–Trinajstić information content (AvgIpc) is 2.29. The summed E-state index contributed by atoms with van der Waals surface area (Å²) < 4.78 is 22.6. The highest BCUT2D eigenvalue weighted by molar-refractivity contribution is 7.75. The van der Waals surface area contributed by atoms with Gasteiger partial charge in [-0.1, -0.05) is 36.0 Å². The largest absolute Gasteiger partial charge is 0.308 e. The second kappa shape index (κ2) is 6.40. The molecular formula is C12H20Cl2O3S. The number of alkyl halides is 2. The van der Waals surface area contributed by atoms with Gasteiger partial charge >= 0.3 is 11.4 Å². The first kappa shape index (κ1) is 15.0. The van der Waals surface area contributed by atoms with Gasteiger partial charge < -0.3 is 0 Å². The molecule has 0 N–H and O–H groups in total. The zero-order chi connectivity index (χ0) is 13.1. The third kappa shape index (κ3) is 4.34. The molecule has 106 valence electrons. The number of rotatable bonds is 4. The number of hydrogen-bond acceptors (Lipinski definition) is 3. The van der Waals surface area contributed by atoms with Gasteiger partial charge in [-0.15, -0.1) is 0 Å². The van der Waals surface area contributed by atoms with Crippen molar-refractivity contribution in [3.05, 3.63) is 0 Å². The fourth-order valence-electron chi connectivity index (χ4n) is 2.59. The molecule has 18 heavy (non-hydrogen) atoms. The Morgan fingerprint density at radius 2 is 1.06 bits per heavy atom. The maximum Gasteiger partial charge on any atom is 0.308 e. The summed E-state index contributed by atoms with van der Waals surface area (Å²) in [5.41, 5.74) is 0. The van der Waals surface area contributed by atoms with Gasteiger partial charge in [0.15, 0.2) is 10.1 Å². The monoisotopic (exact) mass is 314 g/mol. The van der Waals surface area contributed by atoms with Crippen molar-refractivity contribution in [2.24, 2.45) is 0 Å². The Morgan fingerprint density at radius 3 is 1.39 bits per heavy atom. The molecule has 0 spiro atoms. The normalized spacial score (nSPS) is 27.3. The second-order valence-corrected chi connectivity index (χ2v) is 7.38. The smallest absolute Gasteiger partial charge is 0.245 e. The predicted molar refractivity (Wildman–Crippen MR) is 73.7 cm³/mol. The molecule has 0 unspecified atom stereocenters. The molecule has 0 heterocycles. The molecule has 2 rings (SSSR count). The van der Waals surface area contributed by atoms with Crippen LogP contribution in [0.5, 0.6) is 0 Å². The van der Waals surface area contributed by atoms with Gasteiger partial charge in [0.1, 0.15) is 0 Å². The Morgan fingerprint density at radius 1 is 0.722 bits per heavy atom. The second-order valence-electron chi connectivity index (χ2n) is 5.26. The van der Waals surface area contributed by atoms with Crippen molar-refractivity contribution in [1.82, 2.24) is 0 Å². The van der Waals surface area contributed by atoms with Gasteiger partial charge in [0, 0.05) is 0 Å². The van der Waals surface area contributed by atoms with Crippen molar-refractivity contribution in [1.29, 1.82) is 0 Å². The van der Waals surface area contributed by atoms with Gasteiger partial charge in [0.25, 0.3) is 0 Å². The van der Waals surface area contributed by atoms with Crippen LogP contribution in [-0.4, -0.2) is 14.3 Å². The van der Waals surface area contributed by atoms with Gasteiger partial charge in [-0.05, 0) is 51.4 Å². The molecule has 0 saturated heterocycles. The zero-order valence-corrected chi connectivity index (χ0v) is 12.8. The lowest BCUT2D eigenvalue weighted by Gasteiger charge is -2.33. The molecule has 0 bridgehead atoms. The van der Waals surface area contributed by atoms with E-state index in [0.29, 0.717) is 0 Å². The molecule has 2 aliphatic carbocycles. The number of hydrogen-bond donors (Lipinski definition) is 0. The summed E-state index contributed by atoms with van der Waals surface area (Å²) in [6.07, 6.45) is 9.23. The summed E-state index contributed by atoms with van der Waals surface area (Å²) in [6.45, 7) is 0. The summed E-state index contributed by atoms with van der Waals surface area (Å²) >= 11 is 10.7. The van der Waals surface area contributed by atoms with Crippen LogP contribution in [0.15, 0.2) is 0 Å². The van der Waals surface area contributed by atoms with Crippen LogP contribution in [0.3, 0.4) is 0 Å². The van der Waals surface area contributed by atoms with E-state index in [4.69, 9.17) is 31.6 Å². The topological polar surface area (TPSA) is 35.5 Å². The summed E-state index contributed by atoms with van der Waals surface area (Å²) in [5.74, 6) is 0. The minimum atomic E-state index is -1.86. The first-order valence-corrected chi connectivity index (χ1v) is 8.46. The van der Waals surface area contributed by atoms with Gasteiger partial charge in [-0.25, -0.2) is 8.37 Å². The SMILES string of the molecule is O=S(OC1(Cl)CCCCC1)OC1(Cl)CCCCC1. The van der Waals surface area contributed by atoms with Gasteiger partial charge in [0.2, 0.25) is 0 Å². The van der Waals surface area contributed by atoms with Crippen LogP contribution in [0.2, 0.25) is 0 Å². The molecule has 0 aliphatic heterocycles. The molecule has 0 aromatic carbocycles. The van der Waals surface area contributed by atoms with Gasteiger partial charge in [-0.2, -0.15) is 4.21 Å². The maximum atomic E-state index is 11.9. The molecule has 0 atom stereocenters. The van der Waals surface area contributed by atoms with Gasteiger partial charge in [-0.3, -0.25) is 0 Å². The van der Waals surface area contributed by atoms with E-state index < -0.39 is 21.5 Å². The Bertz CT molecular complexity index is 272. The minimum absolute atomic E-state index is 0.721. The summed E-state index contributed by atoms with van der Waals surface area (Å²) in [5, 5.41) is -1.66. The lowest BCUT2D eigenvalue weighted by Crippen LogP contribution is -2.34. The van der Waals surface area contributed by atoms with E-state index >= 15 is 0 Å². The molecule has 2 saturated carbocycles. The maximum absolute atomic E-state index is 11.9. The van der Waals surface area contributed by atoms with E-state index in [-0.39, 0.29) is 0 Å². The van der Waals surface area contributed by atoms with Crippen LogP contribution in [0, 0.1) is 0 Å². The van der Waals surface area contributed by atoms with Gasteiger partial charge in [0.05, 0.1) is 0 Å². The summed E-state index contributed by atoms with van der Waals surface area (Å²) in [4.78, 5) is 0. The van der Waals surface area contributed by atoms with Crippen LogP contribution < -0.4 is 0 Å². The third-order valence-electron chi connectivity index (χ3n) is 3.64. The van der Waals surface area contributed by atoms with Crippen LogP contribution in [0.25, 0.3) is 0 Å². The first-order valence-electron chi connectivity index (χ1n) is 6.70. The Balaban J connectivity index is 1.83. The first-order chi connectivity index (χ1) is 8.52. The van der Waals surface area contributed by atoms with E-state index in [9.17, 15) is 4.21 Å². The average molecular weight is 315 g/mol. The predicted octanol–water partition coefficient (Wildman–Crippen LogP) is 4.40. The Kier molecular flexibility index (Phi) is 5.35. The molecule has 0 aromatic heterocycles. The van der Waals surface area contributed by atoms with Crippen LogP contribution in [0.4, 0.5) is 0 Å². The third-order valence-corrected chi connectivity index (χ3v) is 5.64. The van der Waals surface area contributed by atoms with Crippen molar-refractivity contribution in [2.75, 3.05) is 0 Å². The lowest BCUT2D eigenvalue weighted by molar-refractivity contribution is 0.0665. The molecule has 0 amide bonds. The molecule has 3 nitrogen and oxygen atoms in total. The molecule has 2 fully saturated rings. The fraction of sp³-hybridized carbons (Fsp3) is 1.00. The zero-order valence-electron chi connectivity index (χ0n) is 10.5. The molecular weight excluding hydrogens is 295 g/mol. The van der Waals surface area contributed by atoms with E-state index in [1.807, 2.05) is 0 Å². The molecule has 2 aliphatic rings. The summed E-state index contributed by atoms with van der Waals surface area (Å²) in [6, 6.07) is 0. The highest BCUT2D eigenvalue weighted by Crippen LogP contribution is 2.39. The lowest BCUT2D eigenvalue weighted by atomic mass is 9.97. The molecule has 0 aromatic rings. The van der Waals surface area contributed by atoms with Crippen molar-refractivity contribution in [3.8, 4) is 0 Å². The Labute approximate surface area is 121 Å². The van der Waals surface area contributed by atoms with Crippen LogP contribution in [-0.2, 0) is 19.7 Å². The van der Waals surface area contributed by atoms with Crippen molar-refractivity contribution >= 4 is 34.6 Å². The Hall–Kier alpha value is 0.650. The minimum Gasteiger partial charge on any atom is -0.245 e. The van der Waals surface area contributed by atoms with E-state index in [1.54, 1.807) is 0 Å². The van der Waals surface area contributed by atoms with E-state index in [0.717, 1.165) is 64.2 Å². The van der Waals surface area contributed by atoms with Crippen LogP contribution >= 0.6 is 23.2 Å². The highest BCUT2D eigenvalue weighted by Gasteiger charge is 2.38. The number of halogens is 2. The van der Waals surface area contributed by atoms with E-state index in [2.05, 4.69) is 0 Å². The van der Waals surface area contributed by atoms with E-state index in [1.165, 1.54) is 0 Å². The summed E-state index contributed by atoms with van der Waals surface area (Å²) in [7, 11) is 0. The highest BCUT2D eigenvalue weighted by atomic mass is 35.5. The fourth-order valence-corrected chi connectivity index (χ4v) is 4.29. The quantitative estimate of drug-likeness (QED) is 0.722.